The topological polar surface area (TPSA) is 60.2 Å². The molecule has 0 saturated heterocycles. The van der Waals surface area contributed by atoms with Gasteiger partial charge in [0.1, 0.15) is 4.08 Å². The molecule has 0 aliphatic carbocycles. The molecule has 3 nitrogen and oxygen atoms in total. The van der Waals surface area contributed by atoms with Crippen LogP contribution in [-0.2, 0) is 10.0 Å². The van der Waals surface area contributed by atoms with E-state index in [1.165, 1.54) is 11.8 Å². The van der Waals surface area contributed by atoms with E-state index in [1.807, 2.05) is 11.5 Å². The monoisotopic (exact) mass is 235 g/mol. The minimum absolute atomic E-state index is 0.0578. The summed E-state index contributed by atoms with van der Waals surface area (Å²) in [5.41, 5.74) is 0. The van der Waals surface area contributed by atoms with Crippen molar-refractivity contribution in [3.8, 4) is 0 Å². The van der Waals surface area contributed by atoms with Crippen molar-refractivity contribution in [2.24, 2.45) is 11.1 Å². The normalized spacial score (nSPS) is 32.4. The van der Waals surface area contributed by atoms with Crippen molar-refractivity contribution >= 4 is 21.8 Å². The first-order valence-corrected chi connectivity index (χ1v) is 7.21. The standard InChI is InChI=1S/C9H17NO2S2/c1-3-4-5-8-6-7-13-9(8,2)14(10,11)12/h6-8H,3-5H2,1-2H3,(H2,10,11,12). The quantitative estimate of drug-likeness (QED) is 0.811. The van der Waals surface area contributed by atoms with E-state index in [0.29, 0.717) is 0 Å². The summed E-state index contributed by atoms with van der Waals surface area (Å²) in [6.07, 6.45) is 4.98. The van der Waals surface area contributed by atoms with Gasteiger partial charge in [0.05, 0.1) is 0 Å². The molecule has 1 heterocycles. The Balaban J connectivity index is 2.80. The molecule has 0 spiro atoms. The van der Waals surface area contributed by atoms with Crippen LogP contribution in [0.1, 0.15) is 33.1 Å². The van der Waals surface area contributed by atoms with Gasteiger partial charge in [0.25, 0.3) is 0 Å². The number of unbranched alkanes of at least 4 members (excludes halogenated alkanes) is 1. The van der Waals surface area contributed by atoms with Crippen molar-refractivity contribution in [2.75, 3.05) is 0 Å². The van der Waals surface area contributed by atoms with Crippen molar-refractivity contribution in [3.63, 3.8) is 0 Å². The van der Waals surface area contributed by atoms with Gasteiger partial charge in [0.15, 0.2) is 0 Å². The SMILES string of the molecule is CCCCC1C=CSC1(C)S(N)(=O)=O. The Morgan fingerprint density at radius 3 is 2.71 bits per heavy atom. The van der Waals surface area contributed by atoms with E-state index in [2.05, 4.69) is 6.92 Å². The van der Waals surface area contributed by atoms with Gasteiger partial charge in [-0.3, -0.25) is 0 Å². The van der Waals surface area contributed by atoms with E-state index in [1.54, 1.807) is 6.92 Å². The van der Waals surface area contributed by atoms with Crippen molar-refractivity contribution < 1.29 is 8.42 Å². The second-order valence-corrected chi connectivity index (χ2v) is 7.31. The number of allylic oxidation sites excluding steroid dienone is 1. The van der Waals surface area contributed by atoms with Crippen LogP contribution in [0.2, 0.25) is 0 Å². The highest BCUT2D eigenvalue weighted by atomic mass is 32.3. The van der Waals surface area contributed by atoms with Crippen LogP contribution >= 0.6 is 11.8 Å². The highest BCUT2D eigenvalue weighted by Crippen LogP contribution is 2.45. The fourth-order valence-electron chi connectivity index (χ4n) is 1.59. The number of primary sulfonamides is 1. The molecule has 0 saturated carbocycles. The molecule has 1 aliphatic rings. The van der Waals surface area contributed by atoms with E-state index < -0.39 is 14.1 Å². The maximum absolute atomic E-state index is 11.4. The third kappa shape index (κ3) is 2.15. The van der Waals surface area contributed by atoms with E-state index in [-0.39, 0.29) is 5.92 Å². The Hall–Kier alpha value is -0.0000000000000000555. The first-order valence-electron chi connectivity index (χ1n) is 4.78. The predicted octanol–water partition coefficient (Wildman–Crippen LogP) is 2.06. The molecule has 0 aromatic heterocycles. The number of sulfonamides is 1. The average Bonchev–Trinajstić information content (AvgIpc) is 2.44. The second-order valence-electron chi connectivity index (χ2n) is 3.76. The van der Waals surface area contributed by atoms with Crippen LogP contribution in [0.25, 0.3) is 0 Å². The molecule has 0 radical (unpaired) electrons. The summed E-state index contributed by atoms with van der Waals surface area (Å²) in [7, 11) is -3.48. The van der Waals surface area contributed by atoms with E-state index in [0.717, 1.165) is 19.3 Å². The van der Waals surface area contributed by atoms with Crippen molar-refractivity contribution in [1.82, 2.24) is 0 Å². The number of hydrogen-bond donors (Lipinski definition) is 1. The van der Waals surface area contributed by atoms with Gasteiger partial charge in [-0.05, 0) is 18.8 Å². The molecule has 82 valence electrons. The molecule has 14 heavy (non-hydrogen) atoms. The summed E-state index contributed by atoms with van der Waals surface area (Å²) in [5, 5.41) is 7.10. The fraction of sp³-hybridized carbons (Fsp3) is 0.778. The molecule has 0 aromatic rings. The molecule has 1 aliphatic heterocycles. The van der Waals surface area contributed by atoms with Crippen molar-refractivity contribution in [3.05, 3.63) is 11.5 Å². The first kappa shape index (κ1) is 12.1. The lowest BCUT2D eigenvalue weighted by Crippen LogP contribution is -2.41. The molecular weight excluding hydrogens is 218 g/mol. The van der Waals surface area contributed by atoms with E-state index >= 15 is 0 Å². The van der Waals surface area contributed by atoms with Gasteiger partial charge >= 0.3 is 0 Å². The van der Waals surface area contributed by atoms with Gasteiger partial charge < -0.3 is 0 Å². The van der Waals surface area contributed by atoms with Gasteiger partial charge in [-0.2, -0.15) is 0 Å². The lowest BCUT2D eigenvalue weighted by Gasteiger charge is -2.27. The van der Waals surface area contributed by atoms with Crippen LogP contribution in [-0.4, -0.2) is 12.5 Å². The molecule has 0 amide bonds. The smallest absolute Gasteiger partial charge is 0.224 e. The Kier molecular flexibility index (Phi) is 3.66. The zero-order valence-electron chi connectivity index (χ0n) is 8.56. The second kappa shape index (κ2) is 4.24. The molecule has 0 bridgehead atoms. The molecule has 5 heteroatoms. The van der Waals surface area contributed by atoms with Crippen LogP contribution in [0.5, 0.6) is 0 Å². The van der Waals surface area contributed by atoms with Crippen molar-refractivity contribution in [2.45, 2.75) is 37.2 Å². The van der Waals surface area contributed by atoms with Crippen LogP contribution < -0.4 is 5.14 Å². The lowest BCUT2D eigenvalue weighted by atomic mass is 9.99. The zero-order valence-corrected chi connectivity index (χ0v) is 10.2. The third-order valence-corrected chi connectivity index (χ3v) is 6.20. The number of nitrogens with two attached hydrogens (primary N) is 1. The minimum Gasteiger partial charge on any atom is -0.227 e. The van der Waals surface area contributed by atoms with E-state index in [4.69, 9.17) is 5.14 Å². The van der Waals surface area contributed by atoms with Gasteiger partial charge in [0.2, 0.25) is 10.0 Å². The van der Waals surface area contributed by atoms with Gasteiger partial charge in [-0.25, -0.2) is 13.6 Å². The molecule has 2 atom stereocenters. The number of rotatable bonds is 4. The summed E-state index contributed by atoms with van der Waals surface area (Å²) in [4.78, 5) is 0. The lowest BCUT2D eigenvalue weighted by molar-refractivity contribution is 0.496. The van der Waals surface area contributed by atoms with Crippen LogP contribution in [0.4, 0.5) is 0 Å². The Bertz CT molecular complexity index is 324. The van der Waals surface area contributed by atoms with Gasteiger partial charge in [-0.1, -0.05) is 25.8 Å². The molecule has 0 fully saturated rings. The number of hydrogen-bond acceptors (Lipinski definition) is 3. The summed E-state index contributed by atoms with van der Waals surface area (Å²) >= 11 is 1.32. The highest BCUT2D eigenvalue weighted by Gasteiger charge is 2.45. The summed E-state index contributed by atoms with van der Waals surface area (Å²) in [6, 6.07) is 0. The Morgan fingerprint density at radius 2 is 2.21 bits per heavy atom. The van der Waals surface area contributed by atoms with Crippen LogP contribution in [0.15, 0.2) is 11.5 Å². The predicted molar refractivity (Wildman–Crippen MR) is 61.3 cm³/mol. The highest BCUT2D eigenvalue weighted by molar-refractivity contribution is 8.15. The average molecular weight is 235 g/mol. The zero-order chi connectivity index (χ0) is 10.8. The largest absolute Gasteiger partial charge is 0.227 e. The molecular formula is C9H17NO2S2. The minimum atomic E-state index is -3.48. The third-order valence-electron chi connectivity index (χ3n) is 2.72. The fourth-order valence-corrected chi connectivity index (χ4v) is 3.82. The molecule has 0 aromatic carbocycles. The van der Waals surface area contributed by atoms with Gasteiger partial charge in [-0.15, -0.1) is 11.8 Å². The maximum Gasteiger partial charge on any atom is 0.224 e. The van der Waals surface area contributed by atoms with E-state index in [9.17, 15) is 8.42 Å². The maximum atomic E-state index is 11.4. The Labute approximate surface area is 90.2 Å². The molecule has 2 N–H and O–H groups in total. The van der Waals surface area contributed by atoms with Crippen molar-refractivity contribution in [1.29, 1.82) is 0 Å². The molecule has 1 rings (SSSR count). The summed E-state index contributed by atoms with van der Waals surface area (Å²) < 4.78 is 22.0. The Morgan fingerprint density at radius 1 is 1.57 bits per heavy atom. The summed E-state index contributed by atoms with van der Waals surface area (Å²) in [6.45, 7) is 3.81. The van der Waals surface area contributed by atoms with Crippen LogP contribution in [0, 0.1) is 5.92 Å². The van der Waals surface area contributed by atoms with Gasteiger partial charge in [0, 0.05) is 5.92 Å². The molecule has 2 unspecified atom stereocenters. The first-order chi connectivity index (χ1) is 6.42. The number of thioether (sulfide) groups is 1. The van der Waals surface area contributed by atoms with Crippen LogP contribution in [0.3, 0.4) is 0 Å². The summed E-state index contributed by atoms with van der Waals surface area (Å²) in [5.74, 6) is 0.0578.